The molecule has 2 atom stereocenters. The van der Waals surface area contributed by atoms with E-state index in [1.165, 1.54) is 0 Å². The molecule has 1 rings (SSSR count). The van der Waals surface area contributed by atoms with Crippen molar-refractivity contribution in [1.82, 2.24) is 0 Å². The van der Waals surface area contributed by atoms with Crippen LogP contribution in [0.5, 0.6) is 0 Å². The molecule has 1 aliphatic carbocycles. The van der Waals surface area contributed by atoms with Crippen LogP contribution in [0.2, 0.25) is 0 Å². The Bertz CT molecular complexity index is 271. The monoisotopic (exact) mass is 235 g/mol. The molecule has 92 valence electrons. The maximum atomic E-state index is 11.8. The number of halogens is 3. The van der Waals surface area contributed by atoms with Crippen LogP contribution in [0.25, 0.3) is 0 Å². The van der Waals surface area contributed by atoms with Crippen molar-refractivity contribution < 1.29 is 17.9 Å². The molecule has 0 spiro atoms. The summed E-state index contributed by atoms with van der Waals surface area (Å²) in [5, 5.41) is 9.07. The van der Waals surface area contributed by atoms with Crippen LogP contribution in [0, 0.1) is 22.7 Å². The molecule has 0 N–H and O–H groups in total. The van der Waals surface area contributed by atoms with E-state index in [1.807, 2.05) is 0 Å². The summed E-state index contributed by atoms with van der Waals surface area (Å²) in [6.07, 6.45) is -1.33. The van der Waals surface area contributed by atoms with Gasteiger partial charge in [0.1, 0.15) is 6.61 Å². The SMILES string of the molecule is CC1CCC(C#N)(CCOCC(F)(F)F)C1. The zero-order valence-corrected chi connectivity index (χ0v) is 9.31. The lowest BCUT2D eigenvalue weighted by molar-refractivity contribution is -0.175. The van der Waals surface area contributed by atoms with Crippen molar-refractivity contribution in [3.05, 3.63) is 0 Å². The molecule has 2 unspecified atom stereocenters. The number of hydrogen-bond donors (Lipinski definition) is 0. The Morgan fingerprint density at radius 1 is 1.50 bits per heavy atom. The fourth-order valence-electron chi connectivity index (χ4n) is 2.23. The van der Waals surface area contributed by atoms with Gasteiger partial charge in [-0.3, -0.25) is 0 Å². The van der Waals surface area contributed by atoms with Gasteiger partial charge in [-0.25, -0.2) is 0 Å². The van der Waals surface area contributed by atoms with Crippen molar-refractivity contribution in [2.75, 3.05) is 13.2 Å². The minimum Gasteiger partial charge on any atom is -0.372 e. The fraction of sp³-hybridized carbons (Fsp3) is 0.909. The van der Waals surface area contributed by atoms with Crippen LogP contribution in [0.1, 0.15) is 32.6 Å². The second-order valence-electron chi connectivity index (χ2n) is 4.66. The van der Waals surface area contributed by atoms with Crippen molar-refractivity contribution in [3.63, 3.8) is 0 Å². The summed E-state index contributed by atoms with van der Waals surface area (Å²) < 4.78 is 40.0. The van der Waals surface area contributed by atoms with Crippen molar-refractivity contribution in [2.45, 2.75) is 38.8 Å². The molecule has 0 aliphatic heterocycles. The molecule has 0 amide bonds. The molecule has 2 nitrogen and oxygen atoms in total. The Kier molecular flexibility index (Phi) is 4.20. The smallest absolute Gasteiger partial charge is 0.372 e. The maximum absolute atomic E-state index is 11.8. The molecular weight excluding hydrogens is 219 g/mol. The van der Waals surface area contributed by atoms with E-state index in [9.17, 15) is 13.2 Å². The van der Waals surface area contributed by atoms with Gasteiger partial charge in [0.15, 0.2) is 0 Å². The highest BCUT2D eigenvalue weighted by molar-refractivity contribution is 5.03. The summed E-state index contributed by atoms with van der Waals surface area (Å²) in [5.41, 5.74) is -0.453. The molecule has 0 bridgehead atoms. The molecule has 5 heteroatoms. The van der Waals surface area contributed by atoms with Gasteiger partial charge in [0.25, 0.3) is 0 Å². The third-order valence-corrected chi connectivity index (χ3v) is 3.08. The van der Waals surface area contributed by atoms with Gasteiger partial charge in [-0.05, 0) is 31.6 Å². The van der Waals surface area contributed by atoms with Crippen LogP contribution in [0.4, 0.5) is 13.2 Å². The normalized spacial score (nSPS) is 30.3. The van der Waals surface area contributed by atoms with Gasteiger partial charge in [0.05, 0.1) is 11.5 Å². The Labute approximate surface area is 93.4 Å². The van der Waals surface area contributed by atoms with E-state index in [1.54, 1.807) is 0 Å². The molecule has 0 aromatic heterocycles. The maximum Gasteiger partial charge on any atom is 0.411 e. The molecule has 0 radical (unpaired) electrons. The minimum atomic E-state index is -4.28. The van der Waals surface area contributed by atoms with Gasteiger partial charge in [0, 0.05) is 6.61 Å². The van der Waals surface area contributed by atoms with Crippen LogP contribution < -0.4 is 0 Å². The number of ether oxygens (including phenoxy) is 1. The lowest BCUT2D eigenvalue weighted by Gasteiger charge is -2.20. The summed E-state index contributed by atoms with van der Waals surface area (Å²) in [7, 11) is 0. The van der Waals surface area contributed by atoms with Gasteiger partial charge in [-0.2, -0.15) is 18.4 Å². The van der Waals surface area contributed by atoms with Crippen LogP contribution in [0.15, 0.2) is 0 Å². The highest BCUT2D eigenvalue weighted by atomic mass is 19.4. The summed E-state index contributed by atoms with van der Waals surface area (Å²) >= 11 is 0. The summed E-state index contributed by atoms with van der Waals surface area (Å²) in [5.74, 6) is 0.488. The zero-order chi connectivity index (χ0) is 12.2. The van der Waals surface area contributed by atoms with E-state index in [0.717, 1.165) is 19.3 Å². The van der Waals surface area contributed by atoms with E-state index in [4.69, 9.17) is 5.26 Å². The summed E-state index contributed by atoms with van der Waals surface area (Å²) in [6.45, 7) is 0.861. The topological polar surface area (TPSA) is 33.0 Å². The second kappa shape index (κ2) is 5.05. The highest BCUT2D eigenvalue weighted by Crippen LogP contribution is 2.43. The predicted octanol–water partition coefficient (Wildman–Crippen LogP) is 3.29. The number of hydrogen-bond acceptors (Lipinski definition) is 2. The minimum absolute atomic E-state index is 0.0137. The molecule has 1 fully saturated rings. The van der Waals surface area contributed by atoms with Gasteiger partial charge >= 0.3 is 6.18 Å². The molecule has 0 aromatic rings. The number of alkyl halides is 3. The van der Waals surface area contributed by atoms with Crippen molar-refractivity contribution in [2.24, 2.45) is 11.3 Å². The van der Waals surface area contributed by atoms with Crippen LogP contribution in [-0.2, 0) is 4.74 Å². The van der Waals surface area contributed by atoms with Crippen LogP contribution in [0.3, 0.4) is 0 Å². The molecule has 1 saturated carbocycles. The standard InChI is InChI=1S/C11H16F3NO/c1-9-2-3-10(6-9,7-15)4-5-16-8-11(12,13)14/h9H,2-6,8H2,1H3. The average Bonchev–Trinajstić information content (AvgIpc) is 2.55. The van der Waals surface area contributed by atoms with Crippen molar-refractivity contribution >= 4 is 0 Å². The number of nitriles is 1. The Morgan fingerprint density at radius 2 is 2.19 bits per heavy atom. The molecule has 0 saturated heterocycles. The average molecular weight is 235 g/mol. The first-order valence-corrected chi connectivity index (χ1v) is 5.43. The molecule has 0 heterocycles. The van der Waals surface area contributed by atoms with E-state index < -0.39 is 18.2 Å². The molecular formula is C11H16F3NO. The number of nitrogens with zero attached hydrogens (tertiary/aromatic N) is 1. The van der Waals surface area contributed by atoms with E-state index in [0.29, 0.717) is 12.3 Å². The van der Waals surface area contributed by atoms with Crippen LogP contribution >= 0.6 is 0 Å². The van der Waals surface area contributed by atoms with Gasteiger partial charge in [-0.1, -0.05) is 6.92 Å². The molecule has 16 heavy (non-hydrogen) atoms. The quantitative estimate of drug-likeness (QED) is 0.700. The van der Waals surface area contributed by atoms with Crippen molar-refractivity contribution in [3.8, 4) is 6.07 Å². The fourth-order valence-corrected chi connectivity index (χ4v) is 2.23. The summed E-state index contributed by atoms with van der Waals surface area (Å²) in [6, 6.07) is 2.24. The van der Waals surface area contributed by atoms with Gasteiger partial charge in [0.2, 0.25) is 0 Å². The zero-order valence-electron chi connectivity index (χ0n) is 9.31. The predicted molar refractivity (Wildman–Crippen MR) is 52.6 cm³/mol. The van der Waals surface area contributed by atoms with E-state index in [-0.39, 0.29) is 6.61 Å². The Hall–Kier alpha value is -0.760. The van der Waals surface area contributed by atoms with E-state index in [2.05, 4.69) is 17.7 Å². The highest BCUT2D eigenvalue weighted by Gasteiger charge is 2.37. The van der Waals surface area contributed by atoms with E-state index >= 15 is 0 Å². The second-order valence-corrected chi connectivity index (χ2v) is 4.66. The lowest BCUT2D eigenvalue weighted by atomic mass is 9.84. The molecule has 1 aliphatic rings. The number of rotatable bonds is 4. The first-order chi connectivity index (χ1) is 7.37. The first kappa shape index (κ1) is 13.3. The van der Waals surface area contributed by atoms with Gasteiger partial charge in [-0.15, -0.1) is 0 Å². The largest absolute Gasteiger partial charge is 0.411 e. The molecule has 0 aromatic carbocycles. The van der Waals surface area contributed by atoms with Gasteiger partial charge < -0.3 is 4.74 Å². The summed E-state index contributed by atoms with van der Waals surface area (Å²) in [4.78, 5) is 0. The third kappa shape index (κ3) is 4.01. The first-order valence-electron chi connectivity index (χ1n) is 5.43. The Balaban J connectivity index is 2.29. The van der Waals surface area contributed by atoms with Crippen molar-refractivity contribution in [1.29, 1.82) is 5.26 Å². The Morgan fingerprint density at radius 3 is 2.62 bits per heavy atom. The lowest BCUT2D eigenvalue weighted by Crippen LogP contribution is -2.21. The third-order valence-electron chi connectivity index (χ3n) is 3.08. The van der Waals surface area contributed by atoms with Crippen LogP contribution in [-0.4, -0.2) is 19.4 Å².